The number of hydrogen-bond donors (Lipinski definition) is 0. The molecule has 3 nitrogen and oxygen atoms in total. The molecule has 0 amide bonds. The van der Waals surface area contributed by atoms with E-state index in [1.165, 1.54) is 53.9 Å². The third-order valence-corrected chi connectivity index (χ3v) is 9.51. The van der Waals surface area contributed by atoms with Crippen molar-refractivity contribution in [3.05, 3.63) is 150 Å². The lowest BCUT2D eigenvalue weighted by Gasteiger charge is -2.39. The van der Waals surface area contributed by atoms with Gasteiger partial charge in [0.2, 0.25) is 0 Å². The minimum absolute atomic E-state index is 0.487. The van der Waals surface area contributed by atoms with E-state index < -0.39 is 5.41 Å². The van der Waals surface area contributed by atoms with Crippen molar-refractivity contribution in [2.45, 2.75) is 15.2 Å². The predicted octanol–water partition coefficient (Wildman–Crippen LogP) is 8.40. The highest BCUT2D eigenvalue weighted by Crippen LogP contribution is 2.61. The van der Waals surface area contributed by atoms with Crippen LogP contribution < -0.4 is 0 Å². The molecule has 2 aliphatic rings. The standard InChI is InChI=1S/C35H21N3S/c1-5-15-29-23(10-1)24-11-2-6-16-30(24)38(29)22-20-28-34(37-21-22)33-27(14-9-19-36-33)35(28)25-12-3-7-17-31(25)39-32-18-8-4-13-26(32)35/h1-21H. The molecule has 3 aromatic heterocycles. The van der Waals surface area contributed by atoms with Crippen molar-refractivity contribution in [2.24, 2.45) is 0 Å². The Balaban J connectivity index is 1.43. The minimum atomic E-state index is -0.487. The summed E-state index contributed by atoms with van der Waals surface area (Å²) in [5, 5.41) is 2.50. The van der Waals surface area contributed by atoms with E-state index in [9.17, 15) is 0 Å². The molecule has 9 rings (SSSR count). The fraction of sp³-hybridized carbons (Fsp3) is 0.0286. The minimum Gasteiger partial charge on any atom is -0.308 e. The number of pyridine rings is 2. The summed E-state index contributed by atoms with van der Waals surface area (Å²) in [6, 6.07) is 41.6. The van der Waals surface area contributed by atoms with Gasteiger partial charge in [0.25, 0.3) is 0 Å². The number of aromatic nitrogens is 3. The van der Waals surface area contributed by atoms with Crippen LogP contribution in [0.15, 0.2) is 137 Å². The topological polar surface area (TPSA) is 30.7 Å². The van der Waals surface area contributed by atoms with Gasteiger partial charge in [-0.1, -0.05) is 90.6 Å². The van der Waals surface area contributed by atoms with Crippen LogP contribution in [-0.4, -0.2) is 14.5 Å². The highest BCUT2D eigenvalue weighted by Gasteiger charge is 2.51. The Labute approximate surface area is 229 Å². The van der Waals surface area contributed by atoms with Crippen LogP contribution in [0.2, 0.25) is 0 Å². The second-order valence-corrected chi connectivity index (χ2v) is 11.3. The van der Waals surface area contributed by atoms with Crippen molar-refractivity contribution in [1.29, 1.82) is 0 Å². The molecule has 0 saturated carbocycles. The van der Waals surface area contributed by atoms with E-state index in [1.54, 1.807) is 0 Å². The van der Waals surface area contributed by atoms with Gasteiger partial charge in [0.1, 0.15) is 0 Å². The first kappa shape index (κ1) is 21.3. The molecule has 0 fully saturated rings. The molecule has 7 aromatic rings. The van der Waals surface area contributed by atoms with Crippen molar-refractivity contribution in [3.8, 4) is 17.1 Å². The third kappa shape index (κ3) is 2.64. The molecule has 39 heavy (non-hydrogen) atoms. The molecule has 0 radical (unpaired) electrons. The molecule has 4 aromatic carbocycles. The second-order valence-electron chi connectivity index (χ2n) is 10.2. The number of para-hydroxylation sites is 2. The van der Waals surface area contributed by atoms with Crippen LogP contribution >= 0.6 is 11.8 Å². The second kappa shape index (κ2) is 7.68. The first-order valence-corrected chi connectivity index (χ1v) is 14.0. The lowest BCUT2D eigenvalue weighted by atomic mass is 9.67. The van der Waals surface area contributed by atoms with Crippen LogP contribution in [-0.2, 0) is 5.41 Å². The number of benzene rings is 4. The highest BCUT2D eigenvalue weighted by atomic mass is 32.2. The van der Waals surface area contributed by atoms with Crippen LogP contribution in [0.3, 0.4) is 0 Å². The van der Waals surface area contributed by atoms with Crippen molar-refractivity contribution in [2.75, 3.05) is 0 Å². The molecule has 182 valence electrons. The van der Waals surface area contributed by atoms with Crippen LogP contribution in [0.4, 0.5) is 0 Å². The molecule has 0 bridgehead atoms. The molecule has 1 aliphatic heterocycles. The average Bonchev–Trinajstić information content (AvgIpc) is 3.48. The molecule has 0 N–H and O–H groups in total. The summed E-state index contributed by atoms with van der Waals surface area (Å²) in [7, 11) is 0. The van der Waals surface area contributed by atoms with Gasteiger partial charge in [-0.25, -0.2) is 0 Å². The van der Waals surface area contributed by atoms with Crippen LogP contribution in [0.1, 0.15) is 22.3 Å². The third-order valence-electron chi connectivity index (χ3n) is 8.35. The van der Waals surface area contributed by atoms with Crippen LogP contribution in [0.5, 0.6) is 0 Å². The molecular formula is C35H21N3S. The van der Waals surface area contributed by atoms with Crippen LogP contribution in [0, 0.1) is 0 Å². The van der Waals surface area contributed by atoms with Crippen molar-refractivity contribution in [1.82, 2.24) is 14.5 Å². The molecular weight excluding hydrogens is 494 g/mol. The summed E-state index contributed by atoms with van der Waals surface area (Å²) in [4.78, 5) is 12.6. The zero-order chi connectivity index (χ0) is 25.6. The van der Waals surface area contributed by atoms with Crippen molar-refractivity contribution < 1.29 is 0 Å². The predicted molar refractivity (Wildman–Crippen MR) is 158 cm³/mol. The summed E-state index contributed by atoms with van der Waals surface area (Å²) in [6.07, 6.45) is 3.91. The van der Waals surface area contributed by atoms with Crippen molar-refractivity contribution in [3.63, 3.8) is 0 Å². The maximum absolute atomic E-state index is 5.18. The number of rotatable bonds is 1. The quantitative estimate of drug-likeness (QED) is 0.220. The summed E-state index contributed by atoms with van der Waals surface area (Å²) in [5.41, 5.74) is 9.86. The Kier molecular flexibility index (Phi) is 4.19. The molecule has 4 heterocycles. The van der Waals surface area contributed by atoms with Gasteiger partial charge < -0.3 is 4.57 Å². The maximum atomic E-state index is 5.18. The Morgan fingerprint density at radius 1 is 0.538 bits per heavy atom. The molecule has 0 saturated heterocycles. The van der Waals surface area contributed by atoms with Gasteiger partial charge in [0.05, 0.1) is 39.7 Å². The summed E-state index contributed by atoms with van der Waals surface area (Å²) in [6.45, 7) is 0. The lowest BCUT2D eigenvalue weighted by molar-refractivity contribution is 0.718. The zero-order valence-corrected chi connectivity index (χ0v) is 21.7. The van der Waals surface area contributed by atoms with Gasteiger partial charge in [-0.15, -0.1) is 0 Å². The highest BCUT2D eigenvalue weighted by molar-refractivity contribution is 7.99. The van der Waals surface area contributed by atoms with Crippen molar-refractivity contribution >= 4 is 33.6 Å². The summed E-state index contributed by atoms with van der Waals surface area (Å²) < 4.78 is 2.36. The normalized spacial score (nSPS) is 14.3. The van der Waals surface area contributed by atoms with Gasteiger partial charge in [-0.2, -0.15) is 0 Å². The monoisotopic (exact) mass is 515 g/mol. The Hall–Kier alpha value is -4.67. The molecule has 1 aliphatic carbocycles. The smallest absolute Gasteiger partial charge is 0.0939 e. The van der Waals surface area contributed by atoms with E-state index in [0.717, 1.165) is 17.1 Å². The Bertz CT molecular complexity index is 2020. The Morgan fingerprint density at radius 3 is 1.79 bits per heavy atom. The van der Waals surface area contributed by atoms with Gasteiger partial charge in [0, 0.05) is 32.3 Å². The van der Waals surface area contributed by atoms with E-state index in [-0.39, 0.29) is 0 Å². The molecule has 4 heteroatoms. The summed E-state index contributed by atoms with van der Waals surface area (Å²) in [5.74, 6) is 0. The SMILES string of the molecule is c1ccc2c(c1)Sc1ccccc1C21c2cccnc2-c2ncc(-n3c4ccccc4c4ccccc43)cc21. The van der Waals surface area contributed by atoms with E-state index in [4.69, 9.17) is 9.97 Å². The Morgan fingerprint density at radius 2 is 1.10 bits per heavy atom. The molecule has 0 atom stereocenters. The van der Waals surface area contributed by atoms with E-state index in [2.05, 4.69) is 120 Å². The fourth-order valence-corrected chi connectivity index (χ4v) is 8.06. The summed E-state index contributed by atoms with van der Waals surface area (Å²) >= 11 is 1.85. The maximum Gasteiger partial charge on any atom is 0.0939 e. The van der Waals surface area contributed by atoms with E-state index >= 15 is 0 Å². The lowest BCUT2D eigenvalue weighted by Crippen LogP contribution is -2.32. The molecule has 1 spiro atoms. The number of hydrogen-bond acceptors (Lipinski definition) is 3. The number of fused-ring (bicyclic) bond motifs is 12. The first-order chi connectivity index (χ1) is 19.4. The molecule has 0 unspecified atom stereocenters. The van der Waals surface area contributed by atoms with Gasteiger partial charge in [-0.05, 0) is 53.1 Å². The largest absolute Gasteiger partial charge is 0.308 e. The number of nitrogens with zero attached hydrogens (tertiary/aromatic N) is 3. The van der Waals surface area contributed by atoms with Crippen LogP contribution in [0.25, 0.3) is 38.9 Å². The average molecular weight is 516 g/mol. The fourth-order valence-electron chi connectivity index (χ4n) is 6.87. The van der Waals surface area contributed by atoms with Gasteiger partial charge >= 0.3 is 0 Å². The zero-order valence-electron chi connectivity index (χ0n) is 20.9. The van der Waals surface area contributed by atoms with E-state index in [0.29, 0.717) is 0 Å². The van der Waals surface area contributed by atoms with Gasteiger partial charge in [0.15, 0.2) is 0 Å². The van der Waals surface area contributed by atoms with E-state index in [1.807, 2.05) is 24.2 Å². The van der Waals surface area contributed by atoms with Gasteiger partial charge in [-0.3, -0.25) is 9.97 Å². The first-order valence-electron chi connectivity index (χ1n) is 13.2.